The third-order valence-corrected chi connectivity index (χ3v) is 4.62. The molecule has 3 N–H and O–H groups in total. The van der Waals surface area contributed by atoms with Gasteiger partial charge in [-0.25, -0.2) is 0 Å². The molecule has 0 saturated carbocycles. The van der Waals surface area contributed by atoms with Crippen LogP contribution in [0.5, 0.6) is 5.75 Å². The predicted octanol–water partition coefficient (Wildman–Crippen LogP) is 3.22. The molecule has 2 aromatic rings. The fourth-order valence-electron chi connectivity index (χ4n) is 2.44. The van der Waals surface area contributed by atoms with E-state index in [0.29, 0.717) is 16.3 Å². The molecule has 9 heteroatoms. The van der Waals surface area contributed by atoms with Crippen molar-refractivity contribution in [2.75, 3.05) is 7.11 Å². The summed E-state index contributed by atoms with van der Waals surface area (Å²) in [6.07, 6.45) is 0. The van der Waals surface area contributed by atoms with Crippen LogP contribution in [0, 0.1) is 5.92 Å². The molecular formula is C20H21Cl2N3O4. The van der Waals surface area contributed by atoms with E-state index in [1.807, 2.05) is 0 Å². The summed E-state index contributed by atoms with van der Waals surface area (Å²) in [4.78, 5) is 37.2. The Morgan fingerprint density at radius 2 is 1.59 bits per heavy atom. The molecule has 2 rings (SSSR count). The van der Waals surface area contributed by atoms with E-state index in [1.54, 1.807) is 44.2 Å². The first-order valence-corrected chi connectivity index (χ1v) is 9.48. The summed E-state index contributed by atoms with van der Waals surface area (Å²) in [7, 11) is 1.53. The molecule has 0 aliphatic heterocycles. The molecule has 1 atom stereocenters. The molecule has 0 aliphatic carbocycles. The normalized spacial score (nSPS) is 11.5. The van der Waals surface area contributed by atoms with Gasteiger partial charge in [0.2, 0.25) is 0 Å². The molecule has 3 amide bonds. The fourth-order valence-corrected chi connectivity index (χ4v) is 2.81. The molecule has 0 radical (unpaired) electrons. The highest BCUT2D eigenvalue weighted by Gasteiger charge is 2.25. The van der Waals surface area contributed by atoms with Crippen molar-refractivity contribution in [1.29, 1.82) is 0 Å². The van der Waals surface area contributed by atoms with Crippen LogP contribution in [0.4, 0.5) is 0 Å². The number of hydrogen-bond acceptors (Lipinski definition) is 4. The van der Waals surface area contributed by atoms with Gasteiger partial charge in [0.25, 0.3) is 17.7 Å². The van der Waals surface area contributed by atoms with Gasteiger partial charge in [-0.2, -0.15) is 0 Å². The molecule has 0 heterocycles. The zero-order chi connectivity index (χ0) is 21.6. The smallest absolute Gasteiger partial charge is 0.271 e. The summed E-state index contributed by atoms with van der Waals surface area (Å²) in [6, 6.07) is 10.0. The Balaban J connectivity index is 2.02. The Morgan fingerprint density at radius 3 is 2.17 bits per heavy atom. The zero-order valence-electron chi connectivity index (χ0n) is 16.1. The van der Waals surface area contributed by atoms with Crippen LogP contribution in [0.2, 0.25) is 10.0 Å². The Morgan fingerprint density at radius 1 is 0.931 bits per heavy atom. The van der Waals surface area contributed by atoms with Gasteiger partial charge in [0, 0.05) is 10.6 Å². The highest BCUT2D eigenvalue weighted by atomic mass is 35.5. The van der Waals surface area contributed by atoms with Crippen molar-refractivity contribution >= 4 is 40.9 Å². The molecule has 0 saturated heterocycles. The molecule has 154 valence electrons. The molecule has 2 aromatic carbocycles. The Kier molecular flexibility index (Phi) is 7.87. The van der Waals surface area contributed by atoms with E-state index in [9.17, 15) is 14.4 Å². The van der Waals surface area contributed by atoms with E-state index in [1.165, 1.54) is 19.2 Å². The average molecular weight is 438 g/mol. The molecule has 1 unspecified atom stereocenters. The van der Waals surface area contributed by atoms with Crippen LogP contribution in [-0.4, -0.2) is 30.9 Å². The van der Waals surface area contributed by atoms with Crippen molar-refractivity contribution < 1.29 is 19.1 Å². The summed E-state index contributed by atoms with van der Waals surface area (Å²) in [5.74, 6) is -1.25. The minimum absolute atomic E-state index is 0.114. The highest BCUT2D eigenvalue weighted by Crippen LogP contribution is 2.20. The lowest BCUT2D eigenvalue weighted by Crippen LogP contribution is -2.54. The van der Waals surface area contributed by atoms with Gasteiger partial charge in [-0.3, -0.25) is 25.2 Å². The third-order valence-electron chi connectivity index (χ3n) is 4.06. The Bertz CT molecular complexity index is 901. The summed E-state index contributed by atoms with van der Waals surface area (Å²) in [6.45, 7) is 3.54. The van der Waals surface area contributed by atoms with E-state index in [-0.39, 0.29) is 16.5 Å². The molecule has 0 fully saturated rings. The third kappa shape index (κ3) is 6.10. The molecule has 7 nitrogen and oxygen atoms in total. The number of amides is 3. The maximum atomic E-state index is 12.5. The van der Waals surface area contributed by atoms with E-state index < -0.39 is 23.8 Å². The van der Waals surface area contributed by atoms with Gasteiger partial charge in [0.1, 0.15) is 11.8 Å². The standard InChI is InChI=1S/C20H21Cl2N3O4/c1-11(2)17(23-18(26)12-4-7-14(29-3)8-5-12)20(28)25-24-19(27)15-10-13(21)6-9-16(15)22/h4-11,17H,1-3H3,(H,23,26)(H,24,27)(H,25,28). The lowest BCUT2D eigenvalue weighted by molar-refractivity contribution is -0.124. The fraction of sp³-hybridized carbons (Fsp3) is 0.250. The van der Waals surface area contributed by atoms with Crippen LogP contribution in [0.1, 0.15) is 34.6 Å². The highest BCUT2D eigenvalue weighted by molar-refractivity contribution is 6.35. The van der Waals surface area contributed by atoms with E-state index >= 15 is 0 Å². The quantitative estimate of drug-likeness (QED) is 0.604. The van der Waals surface area contributed by atoms with Gasteiger partial charge in [-0.05, 0) is 48.4 Å². The number of carbonyl (C=O) groups excluding carboxylic acids is 3. The van der Waals surface area contributed by atoms with Gasteiger partial charge in [-0.1, -0.05) is 37.0 Å². The van der Waals surface area contributed by atoms with Crippen LogP contribution in [0.3, 0.4) is 0 Å². The number of halogens is 2. The first-order valence-electron chi connectivity index (χ1n) is 8.73. The number of carbonyl (C=O) groups is 3. The van der Waals surface area contributed by atoms with Crippen LogP contribution in [0.25, 0.3) is 0 Å². The topological polar surface area (TPSA) is 96.5 Å². The maximum absolute atomic E-state index is 12.5. The number of ether oxygens (including phenoxy) is 1. The molecule has 0 spiro atoms. The van der Waals surface area contributed by atoms with Crippen LogP contribution < -0.4 is 20.9 Å². The monoisotopic (exact) mass is 437 g/mol. The van der Waals surface area contributed by atoms with Crippen molar-refractivity contribution in [3.05, 3.63) is 63.6 Å². The zero-order valence-corrected chi connectivity index (χ0v) is 17.6. The first-order chi connectivity index (χ1) is 13.7. The van der Waals surface area contributed by atoms with Gasteiger partial charge >= 0.3 is 0 Å². The summed E-state index contributed by atoms with van der Waals surface area (Å²) < 4.78 is 5.06. The van der Waals surface area contributed by atoms with Crippen molar-refractivity contribution in [3.8, 4) is 5.75 Å². The van der Waals surface area contributed by atoms with Crippen molar-refractivity contribution in [2.45, 2.75) is 19.9 Å². The lowest BCUT2D eigenvalue weighted by Gasteiger charge is -2.22. The van der Waals surface area contributed by atoms with Crippen LogP contribution >= 0.6 is 23.2 Å². The molecule has 0 aliphatic rings. The summed E-state index contributed by atoms with van der Waals surface area (Å²) in [5, 5.41) is 3.18. The minimum atomic E-state index is -0.875. The van der Waals surface area contributed by atoms with E-state index in [0.717, 1.165) is 0 Å². The summed E-state index contributed by atoms with van der Waals surface area (Å²) >= 11 is 11.8. The summed E-state index contributed by atoms with van der Waals surface area (Å²) in [5.41, 5.74) is 5.08. The average Bonchev–Trinajstić information content (AvgIpc) is 2.71. The molecular weight excluding hydrogens is 417 g/mol. The number of methoxy groups -OCH3 is 1. The Labute approximate surface area is 178 Å². The second-order valence-corrected chi connectivity index (χ2v) is 7.33. The second kappa shape index (κ2) is 10.1. The number of rotatable bonds is 6. The molecule has 0 aromatic heterocycles. The van der Waals surface area contributed by atoms with Gasteiger partial charge in [-0.15, -0.1) is 0 Å². The van der Waals surface area contributed by atoms with Crippen LogP contribution in [-0.2, 0) is 4.79 Å². The van der Waals surface area contributed by atoms with E-state index in [4.69, 9.17) is 27.9 Å². The largest absolute Gasteiger partial charge is 0.497 e. The van der Waals surface area contributed by atoms with Gasteiger partial charge < -0.3 is 10.1 Å². The SMILES string of the molecule is COc1ccc(C(=O)NC(C(=O)NNC(=O)c2cc(Cl)ccc2Cl)C(C)C)cc1. The van der Waals surface area contributed by atoms with Crippen molar-refractivity contribution in [3.63, 3.8) is 0 Å². The molecule has 0 bridgehead atoms. The Hall–Kier alpha value is -2.77. The van der Waals surface area contributed by atoms with E-state index in [2.05, 4.69) is 16.2 Å². The van der Waals surface area contributed by atoms with Gasteiger partial charge in [0.05, 0.1) is 17.7 Å². The van der Waals surface area contributed by atoms with Crippen molar-refractivity contribution in [2.24, 2.45) is 5.92 Å². The maximum Gasteiger partial charge on any atom is 0.271 e. The van der Waals surface area contributed by atoms with Crippen molar-refractivity contribution in [1.82, 2.24) is 16.2 Å². The number of benzene rings is 2. The molecule has 29 heavy (non-hydrogen) atoms. The van der Waals surface area contributed by atoms with Crippen LogP contribution in [0.15, 0.2) is 42.5 Å². The number of hydrazine groups is 1. The van der Waals surface area contributed by atoms with Gasteiger partial charge in [0.15, 0.2) is 0 Å². The number of nitrogens with one attached hydrogen (secondary N) is 3. The predicted molar refractivity (Wildman–Crippen MR) is 111 cm³/mol. The minimum Gasteiger partial charge on any atom is -0.497 e. The second-order valence-electron chi connectivity index (χ2n) is 6.49. The number of hydrogen-bond donors (Lipinski definition) is 3. The lowest BCUT2D eigenvalue weighted by atomic mass is 10.0. The first kappa shape index (κ1) is 22.5.